The Kier molecular flexibility index (Phi) is 4.56. The fourth-order valence-electron chi connectivity index (χ4n) is 1.77. The zero-order valence-corrected chi connectivity index (χ0v) is 11.0. The molecule has 2 rings (SSSR count). The van der Waals surface area contributed by atoms with Gasteiger partial charge in [-0.1, -0.05) is 37.3 Å². The average molecular weight is 254 g/mol. The number of carbonyl (C=O) groups excluding carboxylic acids is 1. The van der Waals surface area contributed by atoms with Crippen LogP contribution < -0.4 is 10.6 Å². The number of benzene rings is 2. The average Bonchev–Trinajstić information content (AvgIpc) is 2.47. The molecule has 2 aromatic rings. The molecule has 3 nitrogen and oxygen atoms in total. The van der Waals surface area contributed by atoms with E-state index in [1.807, 2.05) is 42.5 Å². The van der Waals surface area contributed by atoms with Crippen LogP contribution in [-0.2, 0) is 11.2 Å². The van der Waals surface area contributed by atoms with Crippen LogP contribution in [0.25, 0.3) is 0 Å². The summed E-state index contributed by atoms with van der Waals surface area (Å²) < 4.78 is 0. The number of amides is 1. The van der Waals surface area contributed by atoms with Gasteiger partial charge in [0.05, 0.1) is 6.54 Å². The highest BCUT2D eigenvalue weighted by Crippen LogP contribution is 2.10. The molecule has 0 unspecified atom stereocenters. The monoisotopic (exact) mass is 254 g/mol. The third-order valence-corrected chi connectivity index (χ3v) is 2.87. The smallest absolute Gasteiger partial charge is 0.243 e. The third-order valence-electron chi connectivity index (χ3n) is 2.87. The summed E-state index contributed by atoms with van der Waals surface area (Å²) in [5.74, 6) is -0.0502. The molecule has 0 aliphatic carbocycles. The van der Waals surface area contributed by atoms with Gasteiger partial charge < -0.3 is 10.6 Å². The van der Waals surface area contributed by atoms with Crippen molar-refractivity contribution >= 4 is 17.3 Å². The van der Waals surface area contributed by atoms with E-state index in [4.69, 9.17) is 0 Å². The maximum Gasteiger partial charge on any atom is 0.243 e. The Balaban J connectivity index is 1.83. The predicted octanol–water partition coefficient (Wildman–Crippen LogP) is 3.30. The first-order chi connectivity index (χ1) is 9.28. The third kappa shape index (κ3) is 4.14. The Morgan fingerprint density at radius 1 is 0.947 bits per heavy atom. The molecule has 0 bridgehead atoms. The molecule has 19 heavy (non-hydrogen) atoms. The van der Waals surface area contributed by atoms with Gasteiger partial charge in [0.25, 0.3) is 0 Å². The topological polar surface area (TPSA) is 41.1 Å². The zero-order valence-electron chi connectivity index (χ0n) is 11.0. The lowest BCUT2D eigenvalue weighted by Gasteiger charge is -2.08. The summed E-state index contributed by atoms with van der Waals surface area (Å²) in [7, 11) is 0. The SMILES string of the molecule is CCc1ccc(NCC(=O)Nc2ccccc2)cc1. The first-order valence-corrected chi connectivity index (χ1v) is 6.45. The highest BCUT2D eigenvalue weighted by molar-refractivity contribution is 5.93. The summed E-state index contributed by atoms with van der Waals surface area (Å²) >= 11 is 0. The van der Waals surface area contributed by atoms with Gasteiger partial charge in [-0.25, -0.2) is 0 Å². The standard InChI is InChI=1S/C16H18N2O/c1-2-13-8-10-14(11-9-13)17-12-16(19)18-15-6-4-3-5-7-15/h3-11,17H,2,12H2,1H3,(H,18,19). The van der Waals surface area contributed by atoms with E-state index in [9.17, 15) is 4.79 Å². The lowest BCUT2D eigenvalue weighted by Crippen LogP contribution is -2.21. The van der Waals surface area contributed by atoms with Crippen LogP contribution in [0.4, 0.5) is 11.4 Å². The highest BCUT2D eigenvalue weighted by Gasteiger charge is 2.01. The molecule has 98 valence electrons. The number of para-hydroxylation sites is 1. The van der Waals surface area contributed by atoms with E-state index < -0.39 is 0 Å². The summed E-state index contributed by atoms with van der Waals surface area (Å²) in [5.41, 5.74) is 3.07. The van der Waals surface area contributed by atoms with Gasteiger partial charge in [-0.15, -0.1) is 0 Å². The zero-order chi connectivity index (χ0) is 13.5. The second-order valence-corrected chi connectivity index (χ2v) is 4.32. The van der Waals surface area contributed by atoms with E-state index in [1.165, 1.54) is 5.56 Å². The molecule has 0 saturated carbocycles. The molecule has 0 saturated heterocycles. The fourth-order valence-corrected chi connectivity index (χ4v) is 1.77. The van der Waals surface area contributed by atoms with Crippen LogP contribution in [0, 0.1) is 0 Å². The van der Waals surface area contributed by atoms with Crippen LogP contribution in [0.3, 0.4) is 0 Å². The van der Waals surface area contributed by atoms with Crippen molar-refractivity contribution in [3.05, 3.63) is 60.2 Å². The molecular weight excluding hydrogens is 236 g/mol. The number of carbonyl (C=O) groups is 1. The van der Waals surface area contributed by atoms with E-state index >= 15 is 0 Å². The van der Waals surface area contributed by atoms with Gasteiger partial charge in [0.15, 0.2) is 0 Å². The minimum absolute atomic E-state index is 0.0502. The molecule has 0 heterocycles. The summed E-state index contributed by atoms with van der Waals surface area (Å²) in [4.78, 5) is 11.7. The normalized spacial score (nSPS) is 9.95. The lowest BCUT2D eigenvalue weighted by atomic mass is 10.1. The molecular formula is C16H18N2O. The molecule has 2 aromatic carbocycles. The van der Waals surface area contributed by atoms with Crippen LogP contribution >= 0.6 is 0 Å². The number of hydrogen-bond donors (Lipinski definition) is 2. The lowest BCUT2D eigenvalue weighted by molar-refractivity contribution is -0.114. The Bertz CT molecular complexity index is 520. The Labute approximate surface area is 113 Å². The van der Waals surface area contributed by atoms with Crippen molar-refractivity contribution in [1.29, 1.82) is 0 Å². The van der Waals surface area contributed by atoms with E-state index in [-0.39, 0.29) is 12.5 Å². The predicted molar refractivity (Wildman–Crippen MR) is 79.4 cm³/mol. The van der Waals surface area contributed by atoms with Crippen molar-refractivity contribution in [3.63, 3.8) is 0 Å². The van der Waals surface area contributed by atoms with E-state index in [2.05, 4.69) is 29.7 Å². The molecule has 0 aromatic heterocycles. The Morgan fingerprint density at radius 2 is 1.63 bits per heavy atom. The van der Waals surface area contributed by atoms with Crippen LogP contribution in [0.1, 0.15) is 12.5 Å². The Morgan fingerprint density at radius 3 is 2.26 bits per heavy atom. The second kappa shape index (κ2) is 6.59. The van der Waals surface area contributed by atoms with Gasteiger partial charge in [0.2, 0.25) is 5.91 Å². The summed E-state index contributed by atoms with van der Waals surface area (Å²) in [6.45, 7) is 2.39. The number of rotatable bonds is 5. The van der Waals surface area contributed by atoms with Gasteiger partial charge in [-0.3, -0.25) is 4.79 Å². The highest BCUT2D eigenvalue weighted by atomic mass is 16.1. The van der Waals surface area contributed by atoms with Crippen molar-refractivity contribution in [1.82, 2.24) is 0 Å². The molecule has 0 fully saturated rings. The minimum Gasteiger partial charge on any atom is -0.376 e. The van der Waals surface area contributed by atoms with Crippen molar-refractivity contribution in [2.45, 2.75) is 13.3 Å². The van der Waals surface area contributed by atoms with Gasteiger partial charge in [-0.05, 0) is 36.2 Å². The van der Waals surface area contributed by atoms with E-state index in [1.54, 1.807) is 0 Å². The first kappa shape index (κ1) is 13.1. The molecule has 0 atom stereocenters. The van der Waals surface area contributed by atoms with Crippen molar-refractivity contribution < 1.29 is 4.79 Å². The maximum atomic E-state index is 11.7. The van der Waals surface area contributed by atoms with Crippen LogP contribution in [0.15, 0.2) is 54.6 Å². The van der Waals surface area contributed by atoms with Crippen molar-refractivity contribution in [2.75, 3.05) is 17.2 Å². The van der Waals surface area contributed by atoms with Gasteiger partial charge in [0.1, 0.15) is 0 Å². The van der Waals surface area contributed by atoms with Crippen molar-refractivity contribution in [3.8, 4) is 0 Å². The van der Waals surface area contributed by atoms with Crippen LogP contribution in [0.2, 0.25) is 0 Å². The number of nitrogens with one attached hydrogen (secondary N) is 2. The van der Waals surface area contributed by atoms with Gasteiger partial charge >= 0.3 is 0 Å². The largest absolute Gasteiger partial charge is 0.376 e. The first-order valence-electron chi connectivity index (χ1n) is 6.45. The molecule has 0 radical (unpaired) electrons. The van der Waals surface area contributed by atoms with Crippen molar-refractivity contribution in [2.24, 2.45) is 0 Å². The van der Waals surface area contributed by atoms with Crippen LogP contribution in [0.5, 0.6) is 0 Å². The molecule has 0 spiro atoms. The number of hydrogen-bond acceptors (Lipinski definition) is 2. The van der Waals surface area contributed by atoms with Gasteiger partial charge in [-0.2, -0.15) is 0 Å². The van der Waals surface area contributed by atoms with E-state index in [0.717, 1.165) is 17.8 Å². The summed E-state index contributed by atoms with van der Waals surface area (Å²) in [5, 5.41) is 5.94. The van der Waals surface area contributed by atoms with Crippen LogP contribution in [-0.4, -0.2) is 12.5 Å². The molecule has 2 N–H and O–H groups in total. The Hall–Kier alpha value is -2.29. The number of aryl methyl sites for hydroxylation is 1. The van der Waals surface area contributed by atoms with Gasteiger partial charge in [0, 0.05) is 11.4 Å². The maximum absolute atomic E-state index is 11.7. The molecule has 3 heteroatoms. The number of anilines is 2. The minimum atomic E-state index is -0.0502. The second-order valence-electron chi connectivity index (χ2n) is 4.32. The molecule has 0 aliphatic heterocycles. The molecule has 0 aliphatic rings. The summed E-state index contributed by atoms with van der Waals surface area (Å²) in [6.07, 6.45) is 1.02. The van der Waals surface area contributed by atoms with E-state index in [0.29, 0.717) is 0 Å². The fraction of sp³-hybridized carbons (Fsp3) is 0.188. The summed E-state index contributed by atoms with van der Waals surface area (Å²) in [6, 6.07) is 17.6. The molecule has 1 amide bonds. The quantitative estimate of drug-likeness (QED) is 0.859.